The molecule has 3 heterocycles. The van der Waals surface area contributed by atoms with Crippen LogP contribution in [0, 0.1) is 5.82 Å². The molecule has 0 saturated carbocycles. The van der Waals surface area contributed by atoms with Crippen molar-refractivity contribution < 1.29 is 18.7 Å². The van der Waals surface area contributed by atoms with Crippen LogP contribution in [0.4, 0.5) is 26.4 Å². The topological polar surface area (TPSA) is 125 Å². The van der Waals surface area contributed by atoms with Crippen LogP contribution in [0.2, 0.25) is 5.02 Å². The van der Waals surface area contributed by atoms with Gasteiger partial charge in [-0.05, 0) is 57.4 Å². The van der Waals surface area contributed by atoms with Gasteiger partial charge in [-0.2, -0.15) is 0 Å². The van der Waals surface area contributed by atoms with Crippen LogP contribution in [0.5, 0.6) is 0 Å². The van der Waals surface area contributed by atoms with Gasteiger partial charge >= 0.3 is 6.09 Å². The fourth-order valence-electron chi connectivity index (χ4n) is 4.51. The molecule has 3 aromatic rings. The molecular formula is C30H38ClFN8O3S. The van der Waals surface area contributed by atoms with Crippen LogP contribution >= 0.6 is 23.4 Å². The van der Waals surface area contributed by atoms with Gasteiger partial charge in [-0.25, -0.2) is 14.2 Å². The van der Waals surface area contributed by atoms with Gasteiger partial charge in [-0.3, -0.25) is 9.69 Å². The van der Waals surface area contributed by atoms with E-state index in [0.29, 0.717) is 52.4 Å². The predicted molar refractivity (Wildman–Crippen MR) is 172 cm³/mol. The molecule has 2 amide bonds. The molecule has 1 aliphatic rings. The summed E-state index contributed by atoms with van der Waals surface area (Å²) >= 11 is 7.47. The molecule has 0 atom stereocenters. The Hall–Kier alpha value is -3.52. The maximum Gasteiger partial charge on any atom is 0.407 e. The highest BCUT2D eigenvalue weighted by Crippen LogP contribution is 2.32. The van der Waals surface area contributed by atoms with E-state index in [4.69, 9.17) is 16.3 Å². The fourth-order valence-corrected chi connectivity index (χ4v) is 5.13. The average Bonchev–Trinajstić information content (AvgIpc) is 2.97. The number of anilines is 3. The number of halogens is 2. The number of pyridine rings is 1. The molecule has 0 spiro atoms. The zero-order chi connectivity index (χ0) is 31.7. The number of hydrogen-bond acceptors (Lipinski definition) is 10. The summed E-state index contributed by atoms with van der Waals surface area (Å²) in [6.07, 6.45) is 3.40. The summed E-state index contributed by atoms with van der Waals surface area (Å²) in [6.45, 7) is 10.8. The summed E-state index contributed by atoms with van der Waals surface area (Å²) in [6, 6.07) is 9.49. The number of carbonyl (C=O) groups excluding carboxylic acids is 2. The number of amides is 2. The lowest BCUT2D eigenvalue weighted by Crippen LogP contribution is -2.49. The molecule has 0 aliphatic carbocycles. The van der Waals surface area contributed by atoms with Crippen molar-refractivity contribution in [1.29, 1.82) is 0 Å². The lowest BCUT2D eigenvalue weighted by Gasteiger charge is -2.34. The summed E-state index contributed by atoms with van der Waals surface area (Å²) < 4.78 is 19.7. The molecule has 2 aromatic heterocycles. The number of nitrogens with one attached hydrogen (secondary N) is 3. The summed E-state index contributed by atoms with van der Waals surface area (Å²) in [7, 11) is 0. The molecular weight excluding hydrogens is 607 g/mol. The van der Waals surface area contributed by atoms with Crippen LogP contribution in [-0.4, -0.2) is 94.7 Å². The van der Waals surface area contributed by atoms with Gasteiger partial charge < -0.3 is 25.6 Å². The molecule has 11 nitrogen and oxygen atoms in total. The molecule has 0 radical (unpaired) electrons. The van der Waals surface area contributed by atoms with Crippen molar-refractivity contribution in [2.24, 2.45) is 0 Å². The van der Waals surface area contributed by atoms with Crippen LogP contribution in [0.1, 0.15) is 27.2 Å². The number of ether oxygens (including phenoxy) is 1. The van der Waals surface area contributed by atoms with E-state index in [1.807, 2.05) is 27.0 Å². The first kappa shape index (κ1) is 33.4. The second-order valence-electron chi connectivity index (χ2n) is 11.2. The smallest absolute Gasteiger partial charge is 0.407 e. The largest absolute Gasteiger partial charge is 0.444 e. The van der Waals surface area contributed by atoms with Crippen LogP contribution in [0.15, 0.2) is 47.6 Å². The number of carbonyl (C=O) groups is 2. The van der Waals surface area contributed by atoms with Crippen molar-refractivity contribution in [3.8, 4) is 11.3 Å². The van der Waals surface area contributed by atoms with E-state index in [0.717, 1.165) is 32.7 Å². The van der Waals surface area contributed by atoms with Gasteiger partial charge in [-0.1, -0.05) is 11.6 Å². The summed E-state index contributed by atoms with van der Waals surface area (Å²) in [5.41, 5.74) is 1.38. The first-order valence-electron chi connectivity index (χ1n) is 14.3. The molecule has 1 aromatic carbocycles. The summed E-state index contributed by atoms with van der Waals surface area (Å²) in [5.74, 6) is -0.168. The number of alkyl carbamates (subject to hydrolysis) is 1. The first-order chi connectivity index (χ1) is 21.0. The van der Waals surface area contributed by atoms with E-state index in [2.05, 4.69) is 40.9 Å². The highest BCUT2D eigenvalue weighted by atomic mass is 35.5. The van der Waals surface area contributed by atoms with E-state index in [1.165, 1.54) is 30.0 Å². The van der Waals surface area contributed by atoms with Crippen molar-refractivity contribution >= 4 is 52.6 Å². The van der Waals surface area contributed by atoms with E-state index in [1.54, 1.807) is 24.4 Å². The molecule has 236 valence electrons. The number of nitrogens with zero attached hydrogens (tertiary/aromatic N) is 5. The van der Waals surface area contributed by atoms with Crippen molar-refractivity contribution in [1.82, 2.24) is 30.3 Å². The maximum absolute atomic E-state index is 14.5. The van der Waals surface area contributed by atoms with Crippen LogP contribution < -0.4 is 16.0 Å². The molecule has 14 heteroatoms. The van der Waals surface area contributed by atoms with Gasteiger partial charge in [0.25, 0.3) is 0 Å². The second kappa shape index (κ2) is 15.5. The number of thioether (sulfide) groups is 1. The van der Waals surface area contributed by atoms with Crippen LogP contribution in [-0.2, 0) is 9.53 Å². The molecule has 0 bridgehead atoms. The SMILES string of the molecule is CSc1nnc(-c2cc(Cl)ccc2F)cc1Nc1ccnc(NC(=O)CCN2CCN(CCNC(=O)OC(C)(C)C)CC2)c1. The van der Waals surface area contributed by atoms with Crippen molar-refractivity contribution in [2.45, 2.75) is 37.8 Å². The lowest BCUT2D eigenvalue weighted by atomic mass is 10.1. The second-order valence-corrected chi connectivity index (χ2v) is 12.5. The van der Waals surface area contributed by atoms with Crippen LogP contribution in [0.25, 0.3) is 11.3 Å². The first-order valence-corrected chi connectivity index (χ1v) is 15.9. The number of hydrogen-bond donors (Lipinski definition) is 3. The molecule has 1 saturated heterocycles. The Balaban J connectivity index is 1.25. The third kappa shape index (κ3) is 10.3. The Bertz CT molecular complexity index is 1450. The van der Waals surface area contributed by atoms with Crippen LogP contribution in [0.3, 0.4) is 0 Å². The van der Waals surface area contributed by atoms with Crippen molar-refractivity contribution in [2.75, 3.05) is 62.7 Å². The molecule has 3 N–H and O–H groups in total. The normalized spacial score (nSPS) is 14.2. The zero-order valence-corrected chi connectivity index (χ0v) is 26.9. The van der Waals surface area contributed by atoms with Crippen molar-refractivity contribution in [3.05, 3.63) is 53.4 Å². The quantitative estimate of drug-likeness (QED) is 0.238. The lowest BCUT2D eigenvalue weighted by molar-refractivity contribution is -0.116. The number of benzene rings is 1. The van der Waals surface area contributed by atoms with Crippen molar-refractivity contribution in [3.63, 3.8) is 0 Å². The average molecular weight is 645 g/mol. The number of piperazine rings is 1. The summed E-state index contributed by atoms with van der Waals surface area (Å²) in [5, 5.41) is 18.4. The van der Waals surface area contributed by atoms with E-state index in [-0.39, 0.29) is 11.5 Å². The van der Waals surface area contributed by atoms with Gasteiger partial charge in [0, 0.05) is 80.8 Å². The minimum Gasteiger partial charge on any atom is -0.444 e. The molecule has 4 rings (SSSR count). The highest BCUT2D eigenvalue weighted by Gasteiger charge is 2.19. The minimum absolute atomic E-state index is 0.132. The Morgan fingerprint density at radius 1 is 1.05 bits per heavy atom. The van der Waals surface area contributed by atoms with E-state index in [9.17, 15) is 14.0 Å². The maximum atomic E-state index is 14.5. The van der Waals surface area contributed by atoms with E-state index >= 15 is 0 Å². The van der Waals surface area contributed by atoms with Gasteiger partial charge in [0.15, 0.2) is 0 Å². The third-order valence-electron chi connectivity index (χ3n) is 6.68. The third-order valence-corrected chi connectivity index (χ3v) is 7.60. The molecule has 1 aliphatic heterocycles. The molecule has 0 unspecified atom stereocenters. The molecule has 44 heavy (non-hydrogen) atoms. The van der Waals surface area contributed by atoms with E-state index < -0.39 is 17.5 Å². The van der Waals surface area contributed by atoms with Gasteiger partial charge in [0.2, 0.25) is 5.91 Å². The molecule has 1 fully saturated rings. The zero-order valence-electron chi connectivity index (χ0n) is 25.3. The Morgan fingerprint density at radius 2 is 1.77 bits per heavy atom. The van der Waals surface area contributed by atoms with Gasteiger partial charge in [0.1, 0.15) is 22.3 Å². The predicted octanol–water partition coefficient (Wildman–Crippen LogP) is 5.27. The number of aromatic nitrogens is 3. The Morgan fingerprint density at radius 3 is 2.48 bits per heavy atom. The fraction of sp³-hybridized carbons (Fsp3) is 0.433. The Kier molecular flexibility index (Phi) is 11.7. The van der Waals surface area contributed by atoms with Gasteiger partial charge in [0.05, 0.1) is 11.4 Å². The summed E-state index contributed by atoms with van der Waals surface area (Å²) in [4.78, 5) is 33.4. The minimum atomic E-state index is -0.514. The number of rotatable bonds is 11. The highest BCUT2D eigenvalue weighted by molar-refractivity contribution is 7.98. The van der Waals surface area contributed by atoms with Gasteiger partial charge in [-0.15, -0.1) is 22.0 Å². The monoisotopic (exact) mass is 644 g/mol. The standard InChI is InChI=1S/C30H38ClFN8O3S/c1-30(2,3)43-29(42)34-10-12-40-15-13-39(14-16-40)11-8-27(41)36-26-18-21(7-9-33-26)35-25-19-24(37-38-28(25)44-4)22-17-20(31)5-6-23(22)32/h5-7,9,17-19H,8,10-16H2,1-4H3,(H,34,42)(H2,33,35,36,37,41). The Labute approximate surface area is 266 Å².